The van der Waals surface area contributed by atoms with E-state index in [-0.39, 0.29) is 0 Å². The Hall–Kier alpha value is -3.20. The molecule has 0 spiro atoms. The predicted octanol–water partition coefficient (Wildman–Crippen LogP) is 6.59. The molecule has 2 aromatic carbocycles. The number of aryl methyl sites for hydroxylation is 2. The van der Waals surface area contributed by atoms with E-state index in [1.54, 1.807) is 0 Å². The van der Waals surface area contributed by atoms with E-state index in [9.17, 15) is 0 Å². The van der Waals surface area contributed by atoms with Gasteiger partial charge in [-0.15, -0.1) is 0 Å². The van der Waals surface area contributed by atoms with Gasteiger partial charge in [0.15, 0.2) is 6.20 Å². The Kier molecular flexibility index (Phi) is 3.68. The van der Waals surface area contributed by atoms with Crippen molar-refractivity contribution < 1.29 is 10.4 Å². The van der Waals surface area contributed by atoms with Crippen molar-refractivity contribution in [2.24, 2.45) is 7.05 Å². The molecule has 0 saturated heterocycles. The molecule has 148 valence electrons. The van der Waals surface area contributed by atoms with Crippen molar-refractivity contribution >= 4 is 33.0 Å². The average Bonchev–Trinajstić information content (AvgIpc) is 3.36. The molecule has 3 aromatic heterocycles. The normalized spacial score (nSPS) is 16.5. The van der Waals surface area contributed by atoms with Crippen LogP contribution in [-0.4, -0.2) is 4.98 Å². The molecular formula is C27H25N2O+. The predicted molar refractivity (Wildman–Crippen MR) is 122 cm³/mol. The van der Waals surface area contributed by atoms with Crippen molar-refractivity contribution in [2.45, 2.75) is 38.5 Å². The van der Waals surface area contributed by atoms with Gasteiger partial charge >= 0.3 is 0 Å². The van der Waals surface area contributed by atoms with Crippen LogP contribution in [0.1, 0.15) is 44.1 Å². The fourth-order valence-electron chi connectivity index (χ4n) is 4.88. The van der Waals surface area contributed by atoms with Gasteiger partial charge in [-0.2, -0.15) is 0 Å². The molecule has 0 bridgehead atoms. The Morgan fingerprint density at radius 1 is 1.03 bits per heavy atom. The maximum atomic E-state index is 8.94. The van der Waals surface area contributed by atoms with E-state index in [1.807, 2.05) is 18.2 Å². The molecule has 0 N–H and O–H groups in total. The molecule has 30 heavy (non-hydrogen) atoms. The number of furan rings is 1. The van der Waals surface area contributed by atoms with Gasteiger partial charge in [0.25, 0.3) is 0 Å². The summed E-state index contributed by atoms with van der Waals surface area (Å²) < 4.78 is 17.3. The third kappa shape index (κ3) is 2.72. The van der Waals surface area contributed by atoms with Crippen LogP contribution in [-0.2, 0) is 7.05 Å². The molecule has 1 saturated carbocycles. The van der Waals surface area contributed by atoms with Crippen LogP contribution < -0.4 is 4.57 Å². The van der Waals surface area contributed by atoms with E-state index in [1.165, 1.54) is 5.56 Å². The van der Waals surface area contributed by atoms with Crippen molar-refractivity contribution in [2.75, 3.05) is 0 Å². The van der Waals surface area contributed by atoms with Crippen LogP contribution in [0.15, 0.2) is 65.2 Å². The molecular weight excluding hydrogens is 368 g/mol. The van der Waals surface area contributed by atoms with Gasteiger partial charge in [0.1, 0.15) is 12.6 Å². The number of hydrogen-bond donors (Lipinski definition) is 0. The first-order valence-electron chi connectivity index (χ1n) is 11.3. The zero-order valence-corrected chi connectivity index (χ0v) is 17.4. The molecule has 1 aliphatic carbocycles. The highest BCUT2D eigenvalue weighted by Gasteiger charge is 2.22. The molecule has 3 heterocycles. The first-order valence-corrected chi connectivity index (χ1v) is 10.8. The van der Waals surface area contributed by atoms with Crippen molar-refractivity contribution in [3.63, 3.8) is 0 Å². The molecule has 0 aliphatic heterocycles. The summed E-state index contributed by atoms with van der Waals surface area (Å²) in [5.74, 6) is -0.454. The average molecular weight is 395 g/mol. The first kappa shape index (κ1) is 16.6. The Labute approximate surface area is 177 Å². The van der Waals surface area contributed by atoms with Crippen LogP contribution in [0, 0.1) is 6.92 Å². The van der Waals surface area contributed by atoms with E-state index in [0.717, 1.165) is 69.8 Å². The summed E-state index contributed by atoms with van der Waals surface area (Å²) in [6.07, 6.45) is 6.27. The second-order valence-corrected chi connectivity index (χ2v) is 8.52. The largest absolute Gasteiger partial charge is 0.438 e. The van der Waals surface area contributed by atoms with Crippen LogP contribution >= 0.6 is 0 Å². The lowest BCUT2D eigenvalue weighted by Gasteiger charge is -2.11. The van der Waals surface area contributed by atoms with E-state index in [2.05, 4.69) is 61.1 Å². The number of aromatic nitrogens is 2. The fraction of sp³-hybridized carbons (Fsp3) is 0.259. The van der Waals surface area contributed by atoms with Crippen molar-refractivity contribution in [1.29, 1.82) is 0 Å². The van der Waals surface area contributed by atoms with Crippen molar-refractivity contribution in [3.8, 4) is 11.3 Å². The number of rotatable bonds is 2. The number of fused-ring (bicyclic) bond motifs is 4. The van der Waals surface area contributed by atoms with E-state index in [0.29, 0.717) is 5.71 Å². The first-order chi connectivity index (χ1) is 15.0. The lowest BCUT2D eigenvalue weighted by atomic mass is 9.95. The van der Waals surface area contributed by atoms with Crippen molar-refractivity contribution in [1.82, 2.24) is 4.98 Å². The van der Waals surface area contributed by atoms with Gasteiger partial charge in [0.05, 0.1) is 11.1 Å². The molecule has 0 atom stereocenters. The second-order valence-electron chi connectivity index (χ2n) is 8.52. The maximum Gasteiger partial charge on any atom is 0.227 e. The molecule has 3 nitrogen and oxygen atoms in total. The molecule has 0 unspecified atom stereocenters. The van der Waals surface area contributed by atoms with E-state index >= 15 is 0 Å². The number of nitrogens with zero attached hydrogens (tertiary/aromatic N) is 2. The summed E-state index contributed by atoms with van der Waals surface area (Å²) in [7, 11) is 2.07. The second kappa shape index (κ2) is 6.66. The summed E-state index contributed by atoms with van der Waals surface area (Å²) in [4.78, 5) is 4.74. The van der Waals surface area contributed by atoms with Gasteiger partial charge in [-0.3, -0.25) is 0 Å². The number of para-hydroxylation sites is 1. The zero-order valence-electron chi connectivity index (χ0n) is 18.4. The van der Waals surface area contributed by atoms with E-state index in [4.69, 9.17) is 10.8 Å². The van der Waals surface area contributed by atoms with E-state index < -0.39 is 5.89 Å². The fourth-order valence-corrected chi connectivity index (χ4v) is 4.88. The number of pyridine rings is 2. The number of hydrogen-bond acceptors (Lipinski definition) is 2. The zero-order chi connectivity index (χ0) is 21.2. The quantitative estimate of drug-likeness (QED) is 0.316. The van der Waals surface area contributed by atoms with Crippen molar-refractivity contribution in [3.05, 3.63) is 71.9 Å². The minimum absolute atomic E-state index is 0.454. The maximum absolute atomic E-state index is 8.94. The van der Waals surface area contributed by atoms with Gasteiger partial charge in [-0.25, -0.2) is 9.55 Å². The summed E-state index contributed by atoms with van der Waals surface area (Å²) in [5, 5.41) is 3.27. The standard InChI is InChI=1S/C27H25N2O/c1-17-13-22-23-14-20-9-5-6-10-24(20)28-27(23)30-26(22)16-21(17)25-15-19(11-12-29(25)2)18-7-3-4-8-18/h5-6,9-16,18H,3-4,7-8H2,1-2H3/q+1/i18D. The SMILES string of the molecule is [2H]C1(c2cc[n+](C)c(-c3cc4oc5nc6ccccc6cc5c4cc3C)c2)CCCC1. The smallest absolute Gasteiger partial charge is 0.227 e. The summed E-state index contributed by atoms with van der Waals surface area (Å²) in [6.45, 7) is 2.15. The molecule has 0 amide bonds. The molecule has 3 heteroatoms. The van der Waals surface area contributed by atoms with Gasteiger partial charge in [-0.1, -0.05) is 31.0 Å². The van der Waals surface area contributed by atoms with Gasteiger partial charge in [-0.05, 0) is 61.1 Å². The van der Waals surface area contributed by atoms with Crippen LogP contribution in [0.25, 0.3) is 44.2 Å². The van der Waals surface area contributed by atoms with Crippen LogP contribution in [0.5, 0.6) is 0 Å². The minimum atomic E-state index is -0.454. The molecule has 0 radical (unpaired) electrons. The van der Waals surface area contributed by atoms with Crippen LogP contribution in [0.2, 0.25) is 0 Å². The van der Waals surface area contributed by atoms with Gasteiger partial charge in [0, 0.05) is 29.7 Å². The van der Waals surface area contributed by atoms with Crippen LogP contribution in [0.3, 0.4) is 0 Å². The highest BCUT2D eigenvalue weighted by Crippen LogP contribution is 2.37. The molecule has 1 aliphatic rings. The van der Waals surface area contributed by atoms with Gasteiger partial charge in [0.2, 0.25) is 11.4 Å². The highest BCUT2D eigenvalue weighted by molar-refractivity contribution is 6.08. The Morgan fingerprint density at radius 2 is 1.87 bits per heavy atom. The third-order valence-electron chi connectivity index (χ3n) is 6.55. The molecule has 6 rings (SSSR count). The molecule has 1 fully saturated rings. The summed E-state index contributed by atoms with van der Waals surface area (Å²) in [5.41, 5.74) is 7.06. The Morgan fingerprint density at radius 3 is 2.73 bits per heavy atom. The lowest BCUT2D eigenvalue weighted by Crippen LogP contribution is -2.31. The minimum Gasteiger partial charge on any atom is -0.438 e. The van der Waals surface area contributed by atoms with Gasteiger partial charge < -0.3 is 4.42 Å². The highest BCUT2D eigenvalue weighted by atomic mass is 16.3. The third-order valence-corrected chi connectivity index (χ3v) is 6.55. The summed E-state index contributed by atoms with van der Waals surface area (Å²) >= 11 is 0. The number of benzene rings is 2. The summed E-state index contributed by atoms with van der Waals surface area (Å²) in [6, 6.07) is 19.0. The topological polar surface area (TPSA) is 29.9 Å². The van der Waals surface area contributed by atoms with Crippen LogP contribution in [0.4, 0.5) is 0 Å². The Bertz CT molecular complexity index is 1480. The lowest BCUT2D eigenvalue weighted by molar-refractivity contribution is -0.660. The monoisotopic (exact) mass is 394 g/mol. The Balaban J connectivity index is 1.56. The molecule has 5 aromatic rings.